The first kappa shape index (κ1) is 10.3. The van der Waals surface area contributed by atoms with Crippen molar-refractivity contribution in [1.29, 1.82) is 0 Å². The number of nitrogens with zero attached hydrogens (tertiary/aromatic N) is 1. The largest absolute Gasteiger partial charge is 0.306 e. The maximum Gasteiger partial charge on any atom is -0.00163 e. The molecule has 1 spiro atoms. The molecule has 3 rings (SSSR count). The minimum absolute atomic E-state index is 0.682. The fourth-order valence-corrected chi connectivity index (χ4v) is 3.23. The van der Waals surface area contributed by atoms with Crippen LogP contribution in [0.4, 0.5) is 0 Å². The Bertz CT molecular complexity index is 371. The molecule has 1 heteroatoms. The predicted molar refractivity (Wildman–Crippen MR) is 67.7 cm³/mol. The molecule has 1 atom stereocenters. The molecular formula is C15H21N. The molecular weight excluding hydrogens is 194 g/mol. The zero-order valence-electron chi connectivity index (χ0n) is 10.4. The summed E-state index contributed by atoms with van der Waals surface area (Å²) in [7, 11) is 2.25. The number of hydrogen-bond acceptors (Lipinski definition) is 1. The van der Waals surface area contributed by atoms with Crippen LogP contribution in [0.5, 0.6) is 0 Å². The highest BCUT2D eigenvalue weighted by atomic mass is 15.1. The Balaban J connectivity index is 1.73. The normalized spacial score (nSPS) is 28.2. The molecule has 0 radical (unpaired) electrons. The zero-order chi connectivity index (χ0) is 11.2. The summed E-state index contributed by atoms with van der Waals surface area (Å²) in [6.45, 7) is 4.76. The fourth-order valence-electron chi connectivity index (χ4n) is 3.23. The molecule has 1 aliphatic heterocycles. The summed E-state index contributed by atoms with van der Waals surface area (Å²) >= 11 is 0. The van der Waals surface area contributed by atoms with Gasteiger partial charge in [0.2, 0.25) is 0 Å². The van der Waals surface area contributed by atoms with Gasteiger partial charge < -0.3 is 4.90 Å². The standard InChI is InChI=1S/C15H21N/c1-12-3-5-13(6-4-12)14-11-15(14)7-9-16(2)10-8-15/h3-6,14H,7-11H2,1-2H3. The van der Waals surface area contributed by atoms with E-state index in [0.717, 1.165) is 5.92 Å². The first-order valence-electron chi connectivity index (χ1n) is 6.45. The summed E-state index contributed by atoms with van der Waals surface area (Å²) in [4.78, 5) is 2.47. The van der Waals surface area contributed by atoms with Crippen molar-refractivity contribution >= 4 is 0 Å². The molecule has 2 aliphatic rings. The van der Waals surface area contributed by atoms with Gasteiger partial charge in [0, 0.05) is 0 Å². The lowest BCUT2D eigenvalue weighted by Crippen LogP contribution is -2.31. The summed E-state index contributed by atoms with van der Waals surface area (Å²) in [5.41, 5.74) is 3.64. The average Bonchev–Trinajstić information content (AvgIpc) is 2.99. The SMILES string of the molecule is Cc1ccc(C2CC23CCN(C)CC3)cc1. The molecule has 1 aromatic rings. The molecule has 1 aliphatic carbocycles. The fraction of sp³-hybridized carbons (Fsp3) is 0.600. The molecule has 0 N–H and O–H groups in total. The van der Waals surface area contributed by atoms with Crippen LogP contribution in [0.25, 0.3) is 0 Å². The van der Waals surface area contributed by atoms with E-state index in [1.54, 1.807) is 5.56 Å². The van der Waals surface area contributed by atoms with Gasteiger partial charge >= 0.3 is 0 Å². The van der Waals surface area contributed by atoms with Crippen molar-refractivity contribution in [3.8, 4) is 0 Å². The van der Waals surface area contributed by atoms with Gasteiger partial charge in [-0.3, -0.25) is 0 Å². The van der Waals surface area contributed by atoms with Crippen molar-refractivity contribution in [2.24, 2.45) is 5.41 Å². The first-order chi connectivity index (χ1) is 7.70. The molecule has 16 heavy (non-hydrogen) atoms. The predicted octanol–water partition coefficient (Wildman–Crippen LogP) is 3.19. The lowest BCUT2D eigenvalue weighted by Gasteiger charge is -2.30. The summed E-state index contributed by atoms with van der Waals surface area (Å²) in [6.07, 6.45) is 4.24. The maximum atomic E-state index is 2.47. The Morgan fingerprint density at radius 2 is 1.75 bits per heavy atom. The molecule has 0 bridgehead atoms. The van der Waals surface area contributed by atoms with E-state index in [2.05, 4.69) is 43.1 Å². The van der Waals surface area contributed by atoms with Gasteiger partial charge in [-0.1, -0.05) is 29.8 Å². The summed E-state index contributed by atoms with van der Waals surface area (Å²) in [5, 5.41) is 0. The van der Waals surface area contributed by atoms with E-state index in [0.29, 0.717) is 5.41 Å². The molecule has 86 valence electrons. The zero-order valence-corrected chi connectivity index (χ0v) is 10.4. The van der Waals surface area contributed by atoms with Gasteiger partial charge in [0.25, 0.3) is 0 Å². The third-order valence-corrected chi connectivity index (χ3v) is 4.65. The van der Waals surface area contributed by atoms with Gasteiger partial charge in [-0.15, -0.1) is 0 Å². The number of benzene rings is 1. The summed E-state index contributed by atoms with van der Waals surface area (Å²) < 4.78 is 0. The van der Waals surface area contributed by atoms with E-state index >= 15 is 0 Å². The van der Waals surface area contributed by atoms with E-state index in [9.17, 15) is 0 Å². The Morgan fingerprint density at radius 1 is 1.12 bits per heavy atom. The first-order valence-corrected chi connectivity index (χ1v) is 6.45. The second-order valence-electron chi connectivity index (χ2n) is 5.83. The third-order valence-electron chi connectivity index (χ3n) is 4.65. The highest BCUT2D eigenvalue weighted by Gasteiger charge is 2.54. The van der Waals surface area contributed by atoms with Crippen LogP contribution in [0.2, 0.25) is 0 Å². The monoisotopic (exact) mass is 215 g/mol. The topological polar surface area (TPSA) is 3.24 Å². The van der Waals surface area contributed by atoms with Gasteiger partial charge in [-0.2, -0.15) is 0 Å². The Kier molecular flexibility index (Phi) is 2.32. The molecule has 1 unspecified atom stereocenters. The van der Waals surface area contributed by atoms with E-state index in [-0.39, 0.29) is 0 Å². The van der Waals surface area contributed by atoms with Crippen LogP contribution in [0.1, 0.15) is 36.3 Å². The minimum Gasteiger partial charge on any atom is -0.306 e. The molecule has 1 nitrogen and oxygen atoms in total. The number of hydrogen-bond donors (Lipinski definition) is 0. The summed E-state index contributed by atoms with van der Waals surface area (Å²) in [6, 6.07) is 9.20. The van der Waals surface area contributed by atoms with Crippen molar-refractivity contribution in [2.75, 3.05) is 20.1 Å². The second-order valence-corrected chi connectivity index (χ2v) is 5.83. The van der Waals surface area contributed by atoms with Gasteiger partial charge in [-0.25, -0.2) is 0 Å². The Labute approximate surface area is 98.5 Å². The van der Waals surface area contributed by atoms with Crippen molar-refractivity contribution in [1.82, 2.24) is 4.90 Å². The van der Waals surface area contributed by atoms with Crippen molar-refractivity contribution in [3.63, 3.8) is 0 Å². The van der Waals surface area contributed by atoms with Crippen LogP contribution >= 0.6 is 0 Å². The van der Waals surface area contributed by atoms with E-state index in [1.165, 1.54) is 37.9 Å². The second kappa shape index (κ2) is 3.59. The molecule has 0 aromatic heterocycles. The number of likely N-dealkylation sites (tertiary alicyclic amines) is 1. The Morgan fingerprint density at radius 3 is 2.38 bits per heavy atom. The van der Waals surface area contributed by atoms with Crippen LogP contribution in [-0.2, 0) is 0 Å². The molecule has 1 heterocycles. The van der Waals surface area contributed by atoms with E-state index < -0.39 is 0 Å². The van der Waals surface area contributed by atoms with Gasteiger partial charge in [-0.05, 0) is 63.2 Å². The van der Waals surface area contributed by atoms with Crippen molar-refractivity contribution < 1.29 is 0 Å². The Hall–Kier alpha value is -0.820. The summed E-state index contributed by atoms with van der Waals surface area (Å²) in [5.74, 6) is 0.863. The smallest absolute Gasteiger partial charge is 0.00163 e. The van der Waals surface area contributed by atoms with E-state index in [4.69, 9.17) is 0 Å². The van der Waals surface area contributed by atoms with Crippen molar-refractivity contribution in [2.45, 2.75) is 32.1 Å². The minimum atomic E-state index is 0.682. The van der Waals surface area contributed by atoms with Gasteiger partial charge in [0.05, 0.1) is 0 Å². The highest BCUT2D eigenvalue weighted by molar-refractivity contribution is 5.32. The molecule has 2 fully saturated rings. The van der Waals surface area contributed by atoms with Crippen LogP contribution < -0.4 is 0 Å². The van der Waals surface area contributed by atoms with Crippen LogP contribution in [0, 0.1) is 12.3 Å². The van der Waals surface area contributed by atoms with Gasteiger partial charge in [0.15, 0.2) is 0 Å². The number of piperidine rings is 1. The lowest BCUT2D eigenvalue weighted by atomic mass is 9.89. The molecule has 1 aromatic carbocycles. The molecule has 1 saturated heterocycles. The lowest BCUT2D eigenvalue weighted by molar-refractivity contribution is 0.201. The van der Waals surface area contributed by atoms with Crippen molar-refractivity contribution in [3.05, 3.63) is 35.4 Å². The highest BCUT2D eigenvalue weighted by Crippen LogP contribution is 2.64. The maximum absolute atomic E-state index is 2.47. The molecule has 0 amide bonds. The average molecular weight is 215 g/mol. The van der Waals surface area contributed by atoms with Gasteiger partial charge in [0.1, 0.15) is 0 Å². The molecule has 1 saturated carbocycles. The number of aryl methyl sites for hydroxylation is 1. The quantitative estimate of drug-likeness (QED) is 0.695. The van der Waals surface area contributed by atoms with Crippen LogP contribution in [-0.4, -0.2) is 25.0 Å². The number of rotatable bonds is 1. The third kappa shape index (κ3) is 1.67. The van der Waals surface area contributed by atoms with Crippen LogP contribution in [0.3, 0.4) is 0 Å². The van der Waals surface area contributed by atoms with E-state index in [1.807, 2.05) is 0 Å². The van der Waals surface area contributed by atoms with Crippen LogP contribution in [0.15, 0.2) is 24.3 Å².